The highest BCUT2D eigenvalue weighted by Crippen LogP contribution is 2.11. The standard InChI is InChI=1S/C12H18N4O2/c1-3-17-11-7-14-12(18-4-2)10(16-11)5-9-6-13-8-15-9/h6,8,10H,3-5,7H2,1-2H3,(H,13,15)/t10-/m0/s1. The van der Waals surface area contributed by atoms with E-state index in [-0.39, 0.29) is 6.04 Å². The number of hydrogen-bond acceptors (Lipinski definition) is 5. The van der Waals surface area contributed by atoms with Gasteiger partial charge in [-0.3, -0.25) is 0 Å². The molecule has 0 saturated carbocycles. The lowest BCUT2D eigenvalue weighted by Crippen LogP contribution is -2.31. The van der Waals surface area contributed by atoms with Crippen molar-refractivity contribution in [3.63, 3.8) is 0 Å². The molecule has 2 heterocycles. The molecule has 0 bridgehead atoms. The molecule has 0 saturated heterocycles. The second kappa shape index (κ2) is 6.18. The number of aromatic amines is 1. The number of aromatic nitrogens is 2. The first-order chi connectivity index (χ1) is 8.83. The molecule has 6 heteroatoms. The molecule has 0 fully saturated rings. The van der Waals surface area contributed by atoms with Crippen molar-refractivity contribution in [2.24, 2.45) is 9.98 Å². The zero-order valence-electron chi connectivity index (χ0n) is 10.7. The summed E-state index contributed by atoms with van der Waals surface area (Å²) in [4.78, 5) is 16.0. The summed E-state index contributed by atoms with van der Waals surface area (Å²) in [5, 5.41) is 0. The molecule has 18 heavy (non-hydrogen) atoms. The van der Waals surface area contributed by atoms with Crippen molar-refractivity contribution >= 4 is 11.8 Å². The smallest absolute Gasteiger partial charge is 0.209 e. The summed E-state index contributed by atoms with van der Waals surface area (Å²) in [7, 11) is 0. The van der Waals surface area contributed by atoms with Gasteiger partial charge in [0.05, 0.1) is 19.5 Å². The average Bonchev–Trinajstić information content (AvgIpc) is 2.86. The molecule has 98 valence electrons. The molecule has 1 N–H and O–H groups in total. The average molecular weight is 250 g/mol. The lowest BCUT2D eigenvalue weighted by molar-refractivity contribution is 0.293. The Morgan fingerprint density at radius 1 is 1.33 bits per heavy atom. The van der Waals surface area contributed by atoms with E-state index in [0.29, 0.717) is 38.0 Å². The van der Waals surface area contributed by atoms with E-state index in [1.54, 1.807) is 12.5 Å². The Kier molecular flexibility index (Phi) is 4.33. The van der Waals surface area contributed by atoms with Gasteiger partial charge in [0, 0.05) is 18.3 Å². The summed E-state index contributed by atoms with van der Waals surface area (Å²) in [6.07, 6.45) is 4.13. The lowest BCUT2D eigenvalue weighted by Gasteiger charge is -2.20. The zero-order valence-corrected chi connectivity index (χ0v) is 10.7. The molecule has 2 rings (SSSR count). The minimum atomic E-state index is -0.124. The molecule has 1 aliphatic heterocycles. The van der Waals surface area contributed by atoms with Crippen LogP contribution in [0.2, 0.25) is 0 Å². The summed E-state index contributed by atoms with van der Waals surface area (Å²) in [6.45, 7) is 5.54. The Morgan fingerprint density at radius 2 is 2.17 bits per heavy atom. The summed E-state index contributed by atoms with van der Waals surface area (Å²) in [5.41, 5.74) is 1.01. The fourth-order valence-electron chi connectivity index (χ4n) is 1.80. The maximum absolute atomic E-state index is 5.52. The third kappa shape index (κ3) is 3.09. The van der Waals surface area contributed by atoms with Crippen molar-refractivity contribution in [3.05, 3.63) is 18.2 Å². The Bertz CT molecular complexity index is 425. The third-order valence-electron chi connectivity index (χ3n) is 2.53. The minimum Gasteiger partial charge on any atom is -0.480 e. The van der Waals surface area contributed by atoms with Gasteiger partial charge in [-0.2, -0.15) is 0 Å². The molecule has 1 aliphatic rings. The number of imidazole rings is 1. The first-order valence-electron chi connectivity index (χ1n) is 6.17. The van der Waals surface area contributed by atoms with Crippen molar-refractivity contribution in [1.29, 1.82) is 0 Å². The van der Waals surface area contributed by atoms with Crippen molar-refractivity contribution < 1.29 is 9.47 Å². The van der Waals surface area contributed by atoms with Crippen molar-refractivity contribution in [3.8, 4) is 0 Å². The summed E-state index contributed by atoms with van der Waals surface area (Å²) >= 11 is 0. The molecule has 0 aliphatic carbocycles. The third-order valence-corrected chi connectivity index (χ3v) is 2.53. The Morgan fingerprint density at radius 3 is 2.83 bits per heavy atom. The molecule has 0 amide bonds. The SMILES string of the molecule is CCOC1=N[C@@H](Cc2cnc[nH]2)C(OCC)=NC1. The Hall–Kier alpha value is -1.85. The molecule has 0 unspecified atom stereocenters. The molecule has 1 atom stereocenters. The highest BCUT2D eigenvalue weighted by Gasteiger charge is 2.23. The second-order valence-electron chi connectivity index (χ2n) is 3.84. The van der Waals surface area contributed by atoms with Crippen LogP contribution in [0.4, 0.5) is 0 Å². The molecule has 0 radical (unpaired) electrons. The van der Waals surface area contributed by atoms with Crippen molar-refractivity contribution in [1.82, 2.24) is 9.97 Å². The van der Waals surface area contributed by atoms with Crippen LogP contribution in [0.3, 0.4) is 0 Å². The maximum atomic E-state index is 5.52. The monoisotopic (exact) mass is 250 g/mol. The fraction of sp³-hybridized carbons (Fsp3) is 0.583. The van der Waals surface area contributed by atoms with Gasteiger partial charge >= 0.3 is 0 Å². The van der Waals surface area contributed by atoms with Gasteiger partial charge in [0.1, 0.15) is 12.6 Å². The van der Waals surface area contributed by atoms with E-state index in [0.717, 1.165) is 5.69 Å². The van der Waals surface area contributed by atoms with Crippen molar-refractivity contribution in [2.75, 3.05) is 19.8 Å². The van der Waals surface area contributed by atoms with Crippen LogP contribution in [0.1, 0.15) is 19.5 Å². The van der Waals surface area contributed by atoms with Crippen LogP contribution in [0, 0.1) is 0 Å². The Balaban J connectivity index is 2.09. The van der Waals surface area contributed by atoms with Crippen LogP contribution < -0.4 is 0 Å². The van der Waals surface area contributed by atoms with E-state index in [2.05, 4.69) is 20.0 Å². The van der Waals surface area contributed by atoms with E-state index in [9.17, 15) is 0 Å². The van der Waals surface area contributed by atoms with E-state index in [4.69, 9.17) is 9.47 Å². The van der Waals surface area contributed by atoms with E-state index < -0.39 is 0 Å². The predicted molar refractivity (Wildman–Crippen MR) is 69.1 cm³/mol. The first kappa shape index (κ1) is 12.6. The van der Waals surface area contributed by atoms with Gasteiger partial charge in [-0.1, -0.05) is 0 Å². The van der Waals surface area contributed by atoms with Gasteiger partial charge < -0.3 is 14.5 Å². The molecule has 1 aromatic heterocycles. The van der Waals surface area contributed by atoms with Crippen LogP contribution in [-0.2, 0) is 15.9 Å². The molecule has 1 aromatic rings. The number of H-pyrrole nitrogens is 1. The van der Waals surface area contributed by atoms with Crippen LogP contribution in [0.5, 0.6) is 0 Å². The predicted octanol–water partition coefficient (Wildman–Crippen LogP) is 1.20. The number of hydrogen-bond donors (Lipinski definition) is 1. The van der Waals surface area contributed by atoms with E-state index in [1.165, 1.54) is 0 Å². The lowest BCUT2D eigenvalue weighted by atomic mass is 10.1. The first-order valence-corrected chi connectivity index (χ1v) is 6.17. The van der Waals surface area contributed by atoms with Gasteiger partial charge in [-0.15, -0.1) is 0 Å². The number of aliphatic imine (C=N–C) groups is 2. The van der Waals surface area contributed by atoms with Crippen LogP contribution >= 0.6 is 0 Å². The van der Waals surface area contributed by atoms with Gasteiger partial charge in [-0.25, -0.2) is 15.0 Å². The van der Waals surface area contributed by atoms with Crippen LogP contribution in [0.15, 0.2) is 22.5 Å². The molecular weight excluding hydrogens is 232 g/mol. The maximum Gasteiger partial charge on any atom is 0.209 e. The van der Waals surface area contributed by atoms with Crippen molar-refractivity contribution in [2.45, 2.75) is 26.3 Å². The minimum absolute atomic E-state index is 0.124. The summed E-state index contributed by atoms with van der Waals surface area (Å²) in [5.74, 6) is 1.35. The van der Waals surface area contributed by atoms with Gasteiger partial charge in [0.2, 0.25) is 11.8 Å². The summed E-state index contributed by atoms with van der Waals surface area (Å²) < 4.78 is 10.9. The molecule has 0 aromatic carbocycles. The molecule has 0 spiro atoms. The number of nitrogens with zero attached hydrogens (tertiary/aromatic N) is 3. The number of nitrogens with one attached hydrogen (secondary N) is 1. The van der Waals surface area contributed by atoms with E-state index in [1.807, 2.05) is 13.8 Å². The largest absolute Gasteiger partial charge is 0.480 e. The van der Waals surface area contributed by atoms with Gasteiger partial charge in [0.25, 0.3) is 0 Å². The van der Waals surface area contributed by atoms with E-state index >= 15 is 0 Å². The van der Waals surface area contributed by atoms with Gasteiger partial charge in [0.15, 0.2) is 0 Å². The Labute approximate surface area is 106 Å². The number of ether oxygens (including phenoxy) is 2. The van der Waals surface area contributed by atoms with Gasteiger partial charge in [-0.05, 0) is 13.8 Å². The summed E-state index contributed by atoms with van der Waals surface area (Å²) in [6, 6.07) is -0.124. The fourth-order valence-corrected chi connectivity index (χ4v) is 1.80. The topological polar surface area (TPSA) is 71.9 Å². The zero-order chi connectivity index (χ0) is 12.8. The molecule has 6 nitrogen and oxygen atoms in total. The molecular formula is C12H18N4O2. The van der Waals surface area contributed by atoms with Crippen LogP contribution in [-0.4, -0.2) is 47.6 Å². The van der Waals surface area contributed by atoms with Crippen LogP contribution in [0.25, 0.3) is 0 Å². The highest BCUT2D eigenvalue weighted by atomic mass is 16.5. The highest BCUT2D eigenvalue weighted by molar-refractivity contribution is 5.92. The quantitative estimate of drug-likeness (QED) is 0.872. The second-order valence-corrected chi connectivity index (χ2v) is 3.84. The number of rotatable bonds is 4. The normalized spacial score (nSPS) is 19.1.